The molecule has 5 heteroatoms. The largest absolute Gasteiger partial charge is 0.393 e. The van der Waals surface area contributed by atoms with Crippen LogP contribution in [0.1, 0.15) is 13.3 Å². The molecule has 0 aromatic heterocycles. The highest BCUT2D eigenvalue weighted by Crippen LogP contribution is 1.99. The summed E-state index contributed by atoms with van der Waals surface area (Å²) in [6.07, 6.45) is 0.706. The first-order valence-corrected chi connectivity index (χ1v) is 4.53. The molecule has 5 nitrogen and oxygen atoms in total. The summed E-state index contributed by atoms with van der Waals surface area (Å²) in [5, 5.41) is 15.5. The number of morpholine rings is 1. The summed E-state index contributed by atoms with van der Waals surface area (Å²) >= 11 is 0. The molecule has 1 unspecified atom stereocenters. The molecular weight excluding hydrogens is 172 g/mol. The Labute approximate surface area is 79.0 Å². The number of aliphatic hydroxyl groups excluding tert-OH is 1. The first-order valence-electron chi connectivity index (χ1n) is 4.53. The Morgan fingerprint density at radius 1 is 1.38 bits per heavy atom. The summed E-state index contributed by atoms with van der Waals surface area (Å²) in [5.41, 5.74) is 0. The quantitative estimate of drug-likeness (QED) is 0.522. The van der Waals surface area contributed by atoms with Crippen LogP contribution in [-0.2, 0) is 4.74 Å². The molecule has 0 radical (unpaired) electrons. The topological polar surface area (TPSA) is 79.0 Å². The lowest BCUT2D eigenvalue weighted by Gasteiger charge is -2.26. The van der Waals surface area contributed by atoms with E-state index in [1.807, 2.05) is 6.92 Å². The minimum atomic E-state index is -0.169. The molecule has 1 atom stereocenters. The van der Waals surface area contributed by atoms with Crippen LogP contribution in [0.4, 0.5) is 0 Å². The fourth-order valence-corrected chi connectivity index (χ4v) is 1.19. The van der Waals surface area contributed by atoms with Crippen molar-refractivity contribution in [1.29, 1.82) is 0 Å². The van der Waals surface area contributed by atoms with Gasteiger partial charge in [-0.1, -0.05) is 0 Å². The number of hydrogen-bond acceptors (Lipinski definition) is 5. The van der Waals surface area contributed by atoms with Crippen molar-refractivity contribution in [3.63, 3.8) is 0 Å². The van der Waals surface area contributed by atoms with Gasteiger partial charge in [-0.2, -0.15) is 0 Å². The number of ether oxygens (including phenoxy) is 1. The minimum Gasteiger partial charge on any atom is -0.393 e. The highest BCUT2D eigenvalue weighted by Gasteiger charge is 2.09. The molecule has 0 bridgehead atoms. The average molecular weight is 192 g/mol. The van der Waals surface area contributed by atoms with Gasteiger partial charge < -0.3 is 15.1 Å². The summed E-state index contributed by atoms with van der Waals surface area (Å²) in [7, 11) is 0. The summed E-state index contributed by atoms with van der Waals surface area (Å²) in [6, 6.07) is 0. The Balaban J connectivity index is 0.000000671. The van der Waals surface area contributed by atoms with Gasteiger partial charge in [0.15, 0.2) is 0 Å². The number of rotatable bonds is 3. The zero-order chi connectivity index (χ0) is 10.1. The Morgan fingerprint density at radius 3 is 2.38 bits per heavy atom. The van der Waals surface area contributed by atoms with Gasteiger partial charge in [0.2, 0.25) is 0 Å². The minimum absolute atomic E-state index is 0.169. The SMILES string of the molecule is CC(O)CCN1CCOCC1.NO. The van der Waals surface area contributed by atoms with Gasteiger partial charge in [-0.25, -0.2) is 5.90 Å². The van der Waals surface area contributed by atoms with Crippen molar-refractivity contribution >= 4 is 0 Å². The second-order valence-electron chi connectivity index (χ2n) is 3.09. The number of nitrogens with two attached hydrogens (primary N) is 1. The van der Waals surface area contributed by atoms with Crippen molar-refractivity contribution in [1.82, 2.24) is 4.90 Å². The van der Waals surface area contributed by atoms with Crippen LogP contribution in [0.2, 0.25) is 0 Å². The zero-order valence-electron chi connectivity index (χ0n) is 8.15. The van der Waals surface area contributed by atoms with Crippen LogP contribution in [0.3, 0.4) is 0 Å². The molecule has 13 heavy (non-hydrogen) atoms. The Kier molecular flexibility index (Phi) is 8.27. The van der Waals surface area contributed by atoms with E-state index in [9.17, 15) is 0 Å². The summed E-state index contributed by atoms with van der Waals surface area (Å²) < 4.78 is 5.20. The van der Waals surface area contributed by atoms with Gasteiger partial charge in [0.25, 0.3) is 0 Å². The van der Waals surface area contributed by atoms with Crippen LogP contribution >= 0.6 is 0 Å². The predicted octanol–water partition coefficient (Wildman–Crippen LogP) is -0.576. The van der Waals surface area contributed by atoms with Crippen LogP contribution in [0.25, 0.3) is 0 Å². The molecule has 1 aliphatic heterocycles. The van der Waals surface area contributed by atoms with E-state index < -0.39 is 0 Å². The van der Waals surface area contributed by atoms with E-state index in [1.165, 1.54) is 0 Å². The third-order valence-electron chi connectivity index (χ3n) is 1.97. The van der Waals surface area contributed by atoms with Crippen LogP contribution in [0.5, 0.6) is 0 Å². The average Bonchev–Trinajstić information content (AvgIpc) is 2.19. The monoisotopic (exact) mass is 192 g/mol. The smallest absolute Gasteiger partial charge is 0.0594 e. The molecule has 1 rings (SSSR count). The van der Waals surface area contributed by atoms with E-state index in [0.717, 1.165) is 39.3 Å². The van der Waals surface area contributed by atoms with E-state index in [2.05, 4.69) is 10.8 Å². The van der Waals surface area contributed by atoms with Crippen LogP contribution < -0.4 is 5.90 Å². The van der Waals surface area contributed by atoms with Crippen LogP contribution in [0.15, 0.2) is 0 Å². The van der Waals surface area contributed by atoms with Gasteiger partial charge in [-0.15, -0.1) is 0 Å². The molecule has 0 saturated carbocycles. The maximum Gasteiger partial charge on any atom is 0.0594 e. The molecule has 0 aromatic carbocycles. The molecular formula is C8H20N2O3. The third kappa shape index (κ3) is 6.92. The number of aliphatic hydroxyl groups is 1. The van der Waals surface area contributed by atoms with Gasteiger partial charge in [0.05, 0.1) is 19.3 Å². The summed E-state index contributed by atoms with van der Waals surface area (Å²) in [6.45, 7) is 6.57. The number of nitrogens with zero attached hydrogens (tertiary/aromatic N) is 1. The fraction of sp³-hybridized carbons (Fsp3) is 1.00. The van der Waals surface area contributed by atoms with Crippen molar-refractivity contribution in [3.8, 4) is 0 Å². The van der Waals surface area contributed by atoms with Gasteiger partial charge >= 0.3 is 0 Å². The predicted molar refractivity (Wildman–Crippen MR) is 49.5 cm³/mol. The van der Waals surface area contributed by atoms with E-state index >= 15 is 0 Å². The highest BCUT2D eigenvalue weighted by molar-refractivity contribution is 4.62. The second-order valence-corrected chi connectivity index (χ2v) is 3.09. The van der Waals surface area contributed by atoms with Gasteiger partial charge in [0.1, 0.15) is 0 Å². The molecule has 0 amide bonds. The van der Waals surface area contributed by atoms with Crippen molar-refractivity contribution in [2.45, 2.75) is 19.4 Å². The van der Waals surface area contributed by atoms with E-state index in [4.69, 9.17) is 15.1 Å². The molecule has 1 saturated heterocycles. The Bertz CT molecular complexity index is 106. The van der Waals surface area contributed by atoms with Crippen LogP contribution in [-0.4, -0.2) is 54.2 Å². The highest BCUT2D eigenvalue weighted by atomic mass is 16.5. The lowest BCUT2D eigenvalue weighted by atomic mass is 10.2. The molecule has 0 spiro atoms. The summed E-state index contributed by atoms with van der Waals surface area (Å²) in [5.74, 6) is 3.50. The molecule has 80 valence electrons. The lowest BCUT2D eigenvalue weighted by Crippen LogP contribution is -2.37. The lowest BCUT2D eigenvalue weighted by molar-refractivity contribution is 0.0313. The number of hydrogen-bond donors (Lipinski definition) is 3. The standard InChI is InChI=1S/C8H17NO2.H3NO/c1-8(10)2-3-9-4-6-11-7-5-9;1-2/h8,10H,2-7H2,1H3;2H,1H2. The first-order chi connectivity index (χ1) is 6.29. The Hall–Kier alpha value is -0.200. The normalized spacial score (nSPS) is 20.3. The van der Waals surface area contributed by atoms with E-state index in [0.29, 0.717) is 0 Å². The maximum atomic E-state index is 9.03. The first kappa shape index (κ1) is 12.8. The molecule has 0 aromatic rings. The van der Waals surface area contributed by atoms with Gasteiger partial charge in [-0.3, -0.25) is 4.90 Å². The van der Waals surface area contributed by atoms with Crippen LogP contribution in [0, 0.1) is 0 Å². The third-order valence-corrected chi connectivity index (χ3v) is 1.97. The Morgan fingerprint density at radius 2 is 1.92 bits per heavy atom. The molecule has 0 aliphatic carbocycles. The second kappa shape index (κ2) is 8.40. The van der Waals surface area contributed by atoms with Crippen molar-refractivity contribution in [3.05, 3.63) is 0 Å². The van der Waals surface area contributed by atoms with Gasteiger partial charge in [-0.05, 0) is 13.3 Å². The maximum absolute atomic E-state index is 9.03. The molecule has 1 fully saturated rings. The molecule has 1 heterocycles. The zero-order valence-corrected chi connectivity index (χ0v) is 8.15. The molecule has 1 aliphatic rings. The van der Waals surface area contributed by atoms with Crippen molar-refractivity contribution in [2.24, 2.45) is 5.90 Å². The van der Waals surface area contributed by atoms with Crippen molar-refractivity contribution < 1.29 is 15.1 Å². The van der Waals surface area contributed by atoms with Crippen molar-refractivity contribution in [2.75, 3.05) is 32.8 Å². The summed E-state index contributed by atoms with van der Waals surface area (Å²) in [4.78, 5) is 2.33. The molecule has 4 N–H and O–H groups in total. The van der Waals surface area contributed by atoms with Gasteiger partial charge in [0, 0.05) is 19.6 Å². The fourth-order valence-electron chi connectivity index (χ4n) is 1.19. The van der Waals surface area contributed by atoms with E-state index in [1.54, 1.807) is 0 Å². The van der Waals surface area contributed by atoms with E-state index in [-0.39, 0.29) is 6.10 Å².